The Hall–Kier alpha value is -2.95. The minimum absolute atomic E-state index is 0.260. The number of amides is 3. The molecule has 1 atom stereocenters. The number of aryl methyl sites for hydroxylation is 2. The number of urea groups is 1. The number of benzene rings is 2. The van der Waals surface area contributed by atoms with Crippen LogP contribution in [0.3, 0.4) is 0 Å². The molecule has 1 heterocycles. The molecule has 0 aliphatic carbocycles. The predicted octanol–water partition coefficient (Wildman–Crippen LogP) is 2.95. The predicted molar refractivity (Wildman–Crippen MR) is 94.3 cm³/mol. The topological polar surface area (TPSA) is 66.5 Å². The van der Waals surface area contributed by atoms with Gasteiger partial charge in [0, 0.05) is 5.56 Å². The fourth-order valence-corrected chi connectivity index (χ4v) is 2.96. The van der Waals surface area contributed by atoms with Crippen molar-refractivity contribution in [2.24, 2.45) is 0 Å². The Morgan fingerprint density at radius 1 is 1.04 bits per heavy atom. The lowest BCUT2D eigenvalue weighted by Crippen LogP contribution is -2.41. The normalized spacial score (nSPS) is 19.9. The lowest BCUT2D eigenvalue weighted by Gasteiger charge is -2.22. The summed E-state index contributed by atoms with van der Waals surface area (Å²) in [5.74, 6) is -0.676. The highest BCUT2D eigenvalue weighted by atomic mass is 16.2. The van der Waals surface area contributed by atoms with Crippen LogP contribution in [-0.4, -0.2) is 29.2 Å². The summed E-state index contributed by atoms with van der Waals surface area (Å²) >= 11 is 0. The molecule has 1 aliphatic rings. The van der Waals surface area contributed by atoms with Gasteiger partial charge in [-0.25, -0.2) is 4.79 Å². The Kier molecular flexibility index (Phi) is 4.17. The number of nitrogens with one attached hydrogen (secondary N) is 1. The third kappa shape index (κ3) is 2.93. The number of hydrogen-bond donors (Lipinski definition) is 1. The first-order valence-electron chi connectivity index (χ1n) is 8.13. The van der Waals surface area contributed by atoms with Crippen LogP contribution < -0.4 is 5.32 Å². The molecule has 5 heteroatoms. The number of Topliss-reactive ketones (excluding diaryl/α,β-unsaturated/α-hetero) is 1. The average molecular weight is 336 g/mol. The summed E-state index contributed by atoms with van der Waals surface area (Å²) in [7, 11) is 0. The second-order valence-electron chi connectivity index (χ2n) is 6.53. The van der Waals surface area contributed by atoms with E-state index in [-0.39, 0.29) is 12.3 Å². The van der Waals surface area contributed by atoms with Crippen molar-refractivity contribution in [1.82, 2.24) is 10.2 Å². The summed E-state index contributed by atoms with van der Waals surface area (Å²) < 4.78 is 0. The lowest BCUT2D eigenvalue weighted by atomic mass is 9.92. The van der Waals surface area contributed by atoms with Gasteiger partial charge in [0.05, 0.1) is 6.54 Å². The van der Waals surface area contributed by atoms with Crippen LogP contribution in [0.2, 0.25) is 0 Å². The summed E-state index contributed by atoms with van der Waals surface area (Å²) in [5.41, 5.74) is 2.12. The fourth-order valence-electron chi connectivity index (χ4n) is 2.96. The second-order valence-corrected chi connectivity index (χ2v) is 6.53. The van der Waals surface area contributed by atoms with Gasteiger partial charge in [-0.15, -0.1) is 0 Å². The van der Waals surface area contributed by atoms with E-state index in [9.17, 15) is 14.4 Å². The minimum Gasteiger partial charge on any atom is -0.319 e. The largest absolute Gasteiger partial charge is 0.325 e. The first-order valence-corrected chi connectivity index (χ1v) is 8.13. The Balaban J connectivity index is 1.83. The number of nitrogens with zero attached hydrogens (tertiary/aromatic N) is 1. The molecule has 1 saturated heterocycles. The zero-order valence-corrected chi connectivity index (χ0v) is 14.5. The second kappa shape index (κ2) is 6.16. The maximum atomic E-state index is 12.8. The number of ketones is 1. The molecule has 2 aromatic rings. The summed E-state index contributed by atoms with van der Waals surface area (Å²) in [6.07, 6.45) is 0. The molecule has 0 spiro atoms. The van der Waals surface area contributed by atoms with Crippen molar-refractivity contribution >= 4 is 17.7 Å². The van der Waals surface area contributed by atoms with Crippen molar-refractivity contribution in [3.63, 3.8) is 0 Å². The highest BCUT2D eigenvalue weighted by Crippen LogP contribution is 2.28. The minimum atomic E-state index is -1.15. The molecule has 3 amide bonds. The zero-order valence-electron chi connectivity index (χ0n) is 14.5. The molecule has 1 N–H and O–H groups in total. The zero-order chi connectivity index (χ0) is 18.2. The molecular weight excluding hydrogens is 316 g/mol. The Bertz CT molecular complexity index is 860. The van der Waals surface area contributed by atoms with Gasteiger partial charge in [-0.3, -0.25) is 14.5 Å². The van der Waals surface area contributed by atoms with Crippen LogP contribution in [0.1, 0.15) is 34.0 Å². The van der Waals surface area contributed by atoms with E-state index in [4.69, 9.17) is 0 Å². The Morgan fingerprint density at radius 3 is 2.36 bits per heavy atom. The molecule has 0 saturated carbocycles. The van der Waals surface area contributed by atoms with Crippen LogP contribution in [0, 0.1) is 13.8 Å². The molecule has 0 unspecified atom stereocenters. The van der Waals surface area contributed by atoms with E-state index in [1.807, 2.05) is 38.1 Å². The molecule has 128 valence electrons. The van der Waals surface area contributed by atoms with Gasteiger partial charge in [-0.05, 0) is 43.5 Å². The van der Waals surface area contributed by atoms with Crippen molar-refractivity contribution in [3.05, 3.63) is 70.8 Å². The molecule has 2 aromatic carbocycles. The number of imide groups is 1. The SMILES string of the molecule is Cc1ccc(C(=O)CN2C(=O)N[C@@](C)(c3ccccc3)C2=O)cc1C. The van der Waals surface area contributed by atoms with Crippen LogP contribution in [0.15, 0.2) is 48.5 Å². The van der Waals surface area contributed by atoms with Crippen molar-refractivity contribution in [3.8, 4) is 0 Å². The number of carbonyl (C=O) groups excluding carboxylic acids is 3. The van der Waals surface area contributed by atoms with Gasteiger partial charge in [-0.2, -0.15) is 0 Å². The van der Waals surface area contributed by atoms with Crippen molar-refractivity contribution < 1.29 is 14.4 Å². The first-order chi connectivity index (χ1) is 11.8. The molecule has 5 nitrogen and oxygen atoms in total. The third-order valence-corrected chi connectivity index (χ3v) is 4.76. The van der Waals surface area contributed by atoms with E-state index in [0.717, 1.165) is 16.0 Å². The Morgan fingerprint density at radius 2 is 1.72 bits per heavy atom. The van der Waals surface area contributed by atoms with E-state index in [0.29, 0.717) is 11.1 Å². The van der Waals surface area contributed by atoms with Crippen LogP contribution in [-0.2, 0) is 10.3 Å². The molecule has 0 radical (unpaired) electrons. The van der Waals surface area contributed by atoms with E-state index < -0.39 is 17.5 Å². The summed E-state index contributed by atoms with van der Waals surface area (Å²) in [5, 5.41) is 2.71. The Labute approximate surface area is 146 Å². The maximum absolute atomic E-state index is 12.8. The molecule has 0 bridgehead atoms. The summed E-state index contributed by atoms with van der Waals surface area (Å²) in [6, 6.07) is 13.9. The van der Waals surface area contributed by atoms with Gasteiger partial charge in [0.15, 0.2) is 5.78 Å². The van der Waals surface area contributed by atoms with Gasteiger partial charge >= 0.3 is 6.03 Å². The van der Waals surface area contributed by atoms with Gasteiger partial charge in [-0.1, -0.05) is 42.5 Å². The number of carbonyl (C=O) groups is 3. The smallest absolute Gasteiger partial charge is 0.319 e. The number of hydrogen-bond acceptors (Lipinski definition) is 3. The molecule has 3 rings (SSSR count). The van der Waals surface area contributed by atoms with Gasteiger partial charge < -0.3 is 5.32 Å². The van der Waals surface area contributed by atoms with Crippen LogP contribution in [0.25, 0.3) is 0 Å². The van der Waals surface area contributed by atoms with Crippen molar-refractivity contribution in [2.75, 3.05) is 6.54 Å². The van der Waals surface area contributed by atoms with Crippen molar-refractivity contribution in [1.29, 1.82) is 0 Å². The number of rotatable bonds is 4. The third-order valence-electron chi connectivity index (χ3n) is 4.76. The van der Waals surface area contributed by atoms with Gasteiger partial charge in [0.1, 0.15) is 5.54 Å². The highest BCUT2D eigenvalue weighted by Gasteiger charge is 2.49. The van der Waals surface area contributed by atoms with E-state index >= 15 is 0 Å². The van der Waals surface area contributed by atoms with Crippen LogP contribution >= 0.6 is 0 Å². The van der Waals surface area contributed by atoms with Crippen LogP contribution in [0.5, 0.6) is 0 Å². The highest BCUT2D eigenvalue weighted by molar-refractivity contribution is 6.11. The summed E-state index contributed by atoms with van der Waals surface area (Å²) in [4.78, 5) is 38.6. The standard InChI is InChI=1S/C20H20N2O3/c1-13-9-10-15(11-14(13)2)17(23)12-22-18(24)20(3,21-19(22)25)16-7-5-4-6-8-16/h4-11H,12H2,1-3H3,(H,21,25)/t20-/m0/s1. The monoisotopic (exact) mass is 336 g/mol. The molecule has 1 aliphatic heterocycles. The quantitative estimate of drug-likeness (QED) is 0.689. The van der Waals surface area contributed by atoms with Gasteiger partial charge in [0.2, 0.25) is 0 Å². The molecule has 1 fully saturated rings. The molecular formula is C20H20N2O3. The van der Waals surface area contributed by atoms with Crippen molar-refractivity contribution in [2.45, 2.75) is 26.3 Å². The summed E-state index contributed by atoms with van der Waals surface area (Å²) in [6.45, 7) is 5.28. The van der Waals surface area contributed by atoms with Crippen LogP contribution in [0.4, 0.5) is 4.79 Å². The molecule has 0 aromatic heterocycles. The van der Waals surface area contributed by atoms with Gasteiger partial charge in [0.25, 0.3) is 5.91 Å². The van der Waals surface area contributed by atoms with E-state index in [2.05, 4.69) is 5.32 Å². The van der Waals surface area contributed by atoms with E-state index in [1.54, 1.807) is 31.2 Å². The first kappa shape index (κ1) is 16.9. The fraction of sp³-hybridized carbons (Fsp3) is 0.250. The molecule has 25 heavy (non-hydrogen) atoms. The lowest BCUT2D eigenvalue weighted by molar-refractivity contribution is -0.130. The average Bonchev–Trinajstić information content (AvgIpc) is 2.82. The maximum Gasteiger partial charge on any atom is 0.325 e. The van der Waals surface area contributed by atoms with E-state index in [1.165, 1.54) is 0 Å².